The molecule has 0 aliphatic heterocycles. The first kappa shape index (κ1) is 17.5. The first-order valence-corrected chi connectivity index (χ1v) is 11.8. The number of halogens is 3. The maximum absolute atomic E-state index is 13.4. The van der Waals surface area contributed by atoms with Gasteiger partial charge in [0, 0.05) is 32.5 Å². The van der Waals surface area contributed by atoms with Crippen LogP contribution in [-0.2, 0) is 11.5 Å². The Morgan fingerprint density at radius 3 is 2.41 bits per heavy atom. The average molecular weight is 436 g/mol. The molecule has 0 spiro atoms. The van der Waals surface area contributed by atoms with Crippen LogP contribution in [0.1, 0.15) is 0 Å². The van der Waals surface area contributed by atoms with Gasteiger partial charge in [0.05, 0.1) is 0 Å². The monoisotopic (exact) mass is 436 g/mol. The molecule has 2 rings (SSSR count). The van der Waals surface area contributed by atoms with Gasteiger partial charge in [-0.2, -0.15) is 0 Å². The van der Waals surface area contributed by atoms with Crippen LogP contribution in [0.3, 0.4) is 0 Å². The third-order valence-electron chi connectivity index (χ3n) is 3.09. The summed E-state index contributed by atoms with van der Waals surface area (Å²) in [5.74, 6) is -0.714. The molecule has 0 amide bonds. The molecule has 3 nitrogen and oxygen atoms in total. The normalized spacial score (nSPS) is 11.9. The van der Waals surface area contributed by atoms with Gasteiger partial charge in [0.1, 0.15) is 27.9 Å². The summed E-state index contributed by atoms with van der Waals surface area (Å²) in [6.07, 6.45) is 1.81. The number of nitrogens with zero attached hydrogens (tertiary/aromatic N) is 2. The van der Waals surface area contributed by atoms with Gasteiger partial charge in [-0.05, 0) is 40.8 Å². The van der Waals surface area contributed by atoms with Crippen molar-refractivity contribution < 1.29 is 13.5 Å². The maximum atomic E-state index is 13.4. The van der Waals surface area contributed by atoms with Crippen LogP contribution in [0.2, 0.25) is 25.7 Å². The Labute approximate surface area is 143 Å². The first-order valence-electron chi connectivity index (χ1n) is 7.01. The van der Waals surface area contributed by atoms with Gasteiger partial charge in [0.15, 0.2) is 0 Å². The third-order valence-corrected chi connectivity index (χ3v) is 5.32. The quantitative estimate of drug-likeness (QED) is 0.372. The zero-order valence-corrected chi connectivity index (χ0v) is 16.0. The van der Waals surface area contributed by atoms with E-state index in [4.69, 9.17) is 4.74 Å². The van der Waals surface area contributed by atoms with Crippen molar-refractivity contribution in [2.24, 2.45) is 0 Å². The summed E-state index contributed by atoms with van der Waals surface area (Å²) in [4.78, 5) is 4.34. The predicted molar refractivity (Wildman–Crippen MR) is 94.4 cm³/mol. The van der Waals surface area contributed by atoms with E-state index in [1.165, 1.54) is 12.1 Å². The fourth-order valence-electron chi connectivity index (χ4n) is 1.94. The van der Waals surface area contributed by atoms with E-state index in [1.807, 2.05) is 6.20 Å². The lowest BCUT2D eigenvalue weighted by Gasteiger charge is -2.16. The van der Waals surface area contributed by atoms with Crippen LogP contribution in [0.4, 0.5) is 8.78 Å². The third kappa shape index (κ3) is 5.13. The van der Waals surface area contributed by atoms with Gasteiger partial charge in [-0.15, -0.1) is 0 Å². The second-order valence-electron chi connectivity index (χ2n) is 6.36. The number of aromatic nitrogens is 2. The van der Waals surface area contributed by atoms with Gasteiger partial charge >= 0.3 is 0 Å². The van der Waals surface area contributed by atoms with Gasteiger partial charge in [0.2, 0.25) is 0 Å². The van der Waals surface area contributed by atoms with E-state index < -0.39 is 19.7 Å². The summed E-state index contributed by atoms with van der Waals surface area (Å²) in [6.45, 7) is 7.88. The summed E-state index contributed by atoms with van der Waals surface area (Å²) >= 11 is 2.08. The molecule has 0 radical (unpaired) electrons. The smallest absolute Gasteiger partial charge is 0.143 e. The molecule has 0 aliphatic carbocycles. The zero-order chi connectivity index (χ0) is 16.3. The van der Waals surface area contributed by atoms with E-state index in [0.717, 1.165) is 15.8 Å². The minimum Gasteiger partial charge on any atom is -0.361 e. The van der Waals surface area contributed by atoms with Crippen LogP contribution in [0.5, 0.6) is 0 Å². The number of ether oxygens (including phenoxy) is 1. The molecule has 2 aromatic rings. The molecule has 1 aromatic carbocycles. The molecule has 0 N–H and O–H groups in total. The molecule has 0 saturated carbocycles. The van der Waals surface area contributed by atoms with Crippen LogP contribution in [-0.4, -0.2) is 24.2 Å². The molecule has 1 aromatic heterocycles. The molecule has 0 unspecified atom stereocenters. The van der Waals surface area contributed by atoms with Crippen LogP contribution in [0, 0.1) is 15.3 Å². The van der Waals surface area contributed by atoms with Crippen molar-refractivity contribution in [3.05, 3.63) is 39.7 Å². The second kappa shape index (κ2) is 7.18. The highest BCUT2D eigenvalue weighted by Gasteiger charge is 2.14. The lowest BCUT2D eigenvalue weighted by molar-refractivity contribution is 0.0882. The minimum atomic E-state index is -1.13. The Balaban J connectivity index is 2.13. The van der Waals surface area contributed by atoms with Crippen molar-refractivity contribution >= 4 is 30.7 Å². The number of hydrogen-bond donors (Lipinski definition) is 0. The molecular weight excluding hydrogens is 417 g/mol. The molecular formula is C15H19F2IN2OSi. The molecule has 1 heterocycles. The van der Waals surface area contributed by atoms with Gasteiger partial charge in [-0.25, -0.2) is 13.8 Å². The van der Waals surface area contributed by atoms with Crippen molar-refractivity contribution in [1.82, 2.24) is 9.55 Å². The number of imidazole rings is 1. The first-order chi connectivity index (χ1) is 10.2. The fraction of sp³-hybridized carbons (Fsp3) is 0.400. The van der Waals surface area contributed by atoms with Crippen molar-refractivity contribution in [3.8, 4) is 11.4 Å². The zero-order valence-electron chi connectivity index (χ0n) is 12.9. The summed E-state index contributed by atoms with van der Waals surface area (Å²) in [7, 11) is -1.13. The molecule has 0 aliphatic rings. The van der Waals surface area contributed by atoms with E-state index in [9.17, 15) is 8.78 Å². The fourth-order valence-corrected chi connectivity index (χ4v) is 3.26. The lowest BCUT2D eigenvalue weighted by atomic mass is 10.2. The van der Waals surface area contributed by atoms with Crippen LogP contribution < -0.4 is 0 Å². The van der Waals surface area contributed by atoms with Gasteiger partial charge in [-0.3, -0.25) is 0 Å². The van der Waals surface area contributed by atoms with Crippen molar-refractivity contribution in [2.75, 3.05) is 6.61 Å². The summed E-state index contributed by atoms with van der Waals surface area (Å²) in [5.41, 5.74) is 0.411. The highest BCUT2D eigenvalue weighted by Crippen LogP contribution is 2.22. The van der Waals surface area contributed by atoms with Gasteiger partial charge in [-0.1, -0.05) is 19.6 Å². The maximum Gasteiger partial charge on any atom is 0.143 e. The van der Waals surface area contributed by atoms with Crippen molar-refractivity contribution in [2.45, 2.75) is 32.4 Å². The van der Waals surface area contributed by atoms with E-state index in [1.54, 1.807) is 4.57 Å². The molecule has 0 atom stereocenters. The second-order valence-corrected chi connectivity index (χ2v) is 13.1. The molecule has 0 fully saturated rings. The Morgan fingerprint density at radius 1 is 1.18 bits per heavy atom. The summed E-state index contributed by atoms with van der Waals surface area (Å²) in [5, 5.41) is 0. The van der Waals surface area contributed by atoms with Gasteiger partial charge in [0.25, 0.3) is 0 Å². The van der Waals surface area contributed by atoms with Crippen LogP contribution in [0.15, 0.2) is 24.4 Å². The predicted octanol–water partition coefficient (Wildman–Crippen LogP) is 4.75. The van der Waals surface area contributed by atoms with Crippen LogP contribution >= 0.6 is 22.6 Å². The number of hydrogen-bond acceptors (Lipinski definition) is 2. The Hall–Kier alpha value is -0.803. The summed E-state index contributed by atoms with van der Waals surface area (Å²) < 4.78 is 35.0. The minimum absolute atomic E-state index is 0.327. The van der Waals surface area contributed by atoms with E-state index in [-0.39, 0.29) is 0 Å². The molecule has 7 heteroatoms. The highest BCUT2D eigenvalue weighted by atomic mass is 127. The lowest BCUT2D eigenvalue weighted by Crippen LogP contribution is -2.22. The van der Waals surface area contributed by atoms with E-state index >= 15 is 0 Å². The average Bonchev–Trinajstić information content (AvgIpc) is 2.74. The molecule has 120 valence electrons. The van der Waals surface area contributed by atoms with E-state index in [0.29, 0.717) is 24.7 Å². The topological polar surface area (TPSA) is 27.1 Å². The van der Waals surface area contributed by atoms with Crippen molar-refractivity contribution in [1.29, 1.82) is 0 Å². The number of rotatable bonds is 6. The largest absolute Gasteiger partial charge is 0.361 e. The van der Waals surface area contributed by atoms with Gasteiger partial charge < -0.3 is 9.30 Å². The number of benzene rings is 1. The summed E-state index contributed by atoms with van der Waals surface area (Å²) in [6, 6.07) is 4.48. The molecule has 0 bridgehead atoms. The Morgan fingerprint density at radius 2 is 1.82 bits per heavy atom. The molecule has 22 heavy (non-hydrogen) atoms. The van der Waals surface area contributed by atoms with Crippen molar-refractivity contribution in [3.63, 3.8) is 0 Å². The Kier molecular flexibility index (Phi) is 5.73. The van der Waals surface area contributed by atoms with Crippen LogP contribution in [0.25, 0.3) is 11.4 Å². The van der Waals surface area contributed by atoms with E-state index in [2.05, 4.69) is 47.2 Å². The molecule has 0 saturated heterocycles. The Bertz CT molecular complexity index is 635. The highest BCUT2D eigenvalue weighted by molar-refractivity contribution is 14.1. The standard InChI is InChI=1S/C15H19F2IN2OSi/c1-22(2,3)5-4-21-10-20-9-14(18)19-15(20)11-6-12(16)8-13(17)7-11/h6-9H,4-5,10H2,1-3H3. The SMILES string of the molecule is C[Si](C)(C)CCOCn1cc(I)nc1-c1cc(F)cc(F)c1.